The van der Waals surface area contributed by atoms with Crippen LogP contribution in [0.1, 0.15) is 25.9 Å². The molecule has 4 atom stereocenters. The molecule has 128 valence electrons. The summed E-state index contributed by atoms with van der Waals surface area (Å²) >= 11 is 0. The first-order valence-corrected chi connectivity index (χ1v) is 7.47. The highest BCUT2D eigenvalue weighted by Gasteiger charge is 2.58. The molecule has 2 aliphatic heterocycles. The second-order valence-corrected chi connectivity index (χ2v) is 6.33. The molecule has 10 heteroatoms. The van der Waals surface area contributed by atoms with Crippen LogP contribution in [0.25, 0.3) is 11.2 Å². The van der Waals surface area contributed by atoms with Gasteiger partial charge in [0.2, 0.25) is 0 Å². The zero-order valence-electron chi connectivity index (χ0n) is 13.3. The first-order valence-electron chi connectivity index (χ1n) is 7.47. The van der Waals surface area contributed by atoms with E-state index in [0.717, 1.165) is 0 Å². The van der Waals surface area contributed by atoms with Gasteiger partial charge < -0.3 is 25.1 Å². The predicted molar refractivity (Wildman–Crippen MR) is 79.8 cm³/mol. The van der Waals surface area contributed by atoms with Crippen LogP contribution in [0, 0.1) is 6.92 Å². The molecule has 0 aromatic carbocycles. The molecule has 3 N–H and O–H groups in total. The van der Waals surface area contributed by atoms with Crippen molar-refractivity contribution in [2.24, 2.45) is 0 Å². The number of aliphatic carboxylic acids is 1. The molecule has 0 aliphatic carbocycles. The van der Waals surface area contributed by atoms with E-state index in [9.17, 15) is 9.90 Å². The number of aromatic nitrogens is 4. The number of rotatable bonds is 2. The maximum absolute atomic E-state index is 11.5. The Balaban J connectivity index is 1.80. The summed E-state index contributed by atoms with van der Waals surface area (Å²) < 4.78 is 18.9. The number of ether oxygens (including phenoxy) is 3. The van der Waals surface area contributed by atoms with Crippen LogP contribution in [0.5, 0.6) is 0 Å². The summed E-state index contributed by atoms with van der Waals surface area (Å²) in [6.45, 7) is 5.18. The minimum Gasteiger partial charge on any atom is -0.479 e. The fraction of sp³-hybridized carbons (Fsp3) is 0.571. The van der Waals surface area contributed by atoms with Crippen molar-refractivity contribution in [3.8, 4) is 0 Å². The van der Waals surface area contributed by atoms with Crippen molar-refractivity contribution in [2.75, 3.05) is 5.73 Å². The van der Waals surface area contributed by atoms with E-state index in [4.69, 9.17) is 19.9 Å². The molecule has 0 bridgehead atoms. The number of nitrogens with two attached hydrogens (primary N) is 1. The normalized spacial score (nSPS) is 31.5. The van der Waals surface area contributed by atoms with Gasteiger partial charge >= 0.3 is 5.97 Å². The highest BCUT2D eigenvalue weighted by molar-refractivity contribution is 5.81. The van der Waals surface area contributed by atoms with Crippen molar-refractivity contribution < 1.29 is 24.1 Å². The molecule has 0 spiro atoms. The lowest BCUT2D eigenvalue weighted by atomic mass is 10.1. The van der Waals surface area contributed by atoms with Crippen LogP contribution in [0.2, 0.25) is 0 Å². The molecule has 2 aromatic rings. The van der Waals surface area contributed by atoms with Crippen LogP contribution in [0.3, 0.4) is 0 Å². The van der Waals surface area contributed by atoms with Crippen molar-refractivity contribution >= 4 is 23.0 Å². The third-order valence-corrected chi connectivity index (χ3v) is 4.11. The van der Waals surface area contributed by atoms with Gasteiger partial charge in [0.25, 0.3) is 0 Å². The molecule has 2 fully saturated rings. The Morgan fingerprint density at radius 2 is 2.04 bits per heavy atom. The molecule has 2 aliphatic rings. The number of carboxylic acids is 1. The Kier molecular flexibility index (Phi) is 3.08. The quantitative estimate of drug-likeness (QED) is 0.790. The first kappa shape index (κ1) is 15.2. The summed E-state index contributed by atoms with van der Waals surface area (Å²) in [4.78, 5) is 24.1. The van der Waals surface area contributed by atoms with Gasteiger partial charge in [0.1, 0.15) is 23.5 Å². The lowest BCUT2D eigenvalue weighted by molar-refractivity contribution is -0.202. The topological polar surface area (TPSA) is 135 Å². The molecule has 2 aromatic heterocycles. The third-order valence-electron chi connectivity index (χ3n) is 4.11. The van der Waals surface area contributed by atoms with E-state index in [1.165, 1.54) is 6.33 Å². The van der Waals surface area contributed by atoms with Crippen LogP contribution in [0.4, 0.5) is 5.82 Å². The molecule has 4 rings (SSSR count). The zero-order chi connectivity index (χ0) is 17.2. The molecule has 0 saturated carbocycles. The van der Waals surface area contributed by atoms with Crippen LogP contribution >= 0.6 is 0 Å². The summed E-state index contributed by atoms with van der Waals surface area (Å²) in [5.74, 6) is -1.27. The number of fused-ring (bicyclic) bond motifs is 2. The van der Waals surface area contributed by atoms with Crippen LogP contribution in [-0.2, 0) is 19.0 Å². The minimum atomic E-state index is -1.14. The van der Waals surface area contributed by atoms with E-state index in [2.05, 4.69) is 15.0 Å². The SMILES string of the molecule is Cc1nc(N)c2ncn(C3OC(C(=O)O)C4OC(C)(C)OC43)c2n1. The number of carboxylic acid groups (broad SMARTS) is 1. The van der Waals surface area contributed by atoms with E-state index >= 15 is 0 Å². The van der Waals surface area contributed by atoms with E-state index in [-0.39, 0.29) is 5.82 Å². The van der Waals surface area contributed by atoms with E-state index in [1.807, 2.05) is 0 Å². The monoisotopic (exact) mass is 335 g/mol. The lowest BCUT2D eigenvalue weighted by Gasteiger charge is -2.23. The lowest BCUT2D eigenvalue weighted by Crippen LogP contribution is -2.35. The average molecular weight is 335 g/mol. The highest BCUT2D eigenvalue weighted by atomic mass is 16.8. The molecular weight excluding hydrogens is 318 g/mol. The van der Waals surface area contributed by atoms with E-state index < -0.39 is 36.3 Å². The minimum absolute atomic E-state index is 0.254. The van der Waals surface area contributed by atoms with E-state index in [1.54, 1.807) is 25.3 Å². The first-order chi connectivity index (χ1) is 11.3. The fourth-order valence-corrected chi connectivity index (χ4v) is 3.24. The number of imidazole rings is 1. The number of hydrogen-bond donors (Lipinski definition) is 2. The van der Waals surface area contributed by atoms with Crippen LogP contribution in [-0.4, -0.2) is 54.7 Å². The molecule has 0 radical (unpaired) electrons. The van der Waals surface area contributed by atoms with Crippen LogP contribution < -0.4 is 5.73 Å². The Morgan fingerprint density at radius 1 is 1.33 bits per heavy atom. The van der Waals surface area contributed by atoms with Gasteiger partial charge in [-0.1, -0.05) is 0 Å². The summed E-state index contributed by atoms with van der Waals surface area (Å²) in [6, 6.07) is 0. The Bertz CT molecular complexity index is 834. The molecule has 2 saturated heterocycles. The largest absolute Gasteiger partial charge is 0.479 e. The van der Waals surface area contributed by atoms with Crippen molar-refractivity contribution in [1.82, 2.24) is 19.5 Å². The maximum Gasteiger partial charge on any atom is 0.335 e. The predicted octanol–water partition coefficient (Wildman–Crippen LogP) is 0.219. The van der Waals surface area contributed by atoms with Gasteiger partial charge in [0.15, 0.2) is 29.6 Å². The highest BCUT2D eigenvalue weighted by Crippen LogP contribution is 2.43. The van der Waals surface area contributed by atoms with Gasteiger partial charge in [-0.25, -0.2) is 19.7 Å². The summed E-state index contributed by atoms with van der Waals surface area (Å²) in [5, 5.41) is 9.42. The molecule has 4 unspecified atom stereocenters. The average Bonchev–Trinajstić information content (AvgIpc) is 3.09. The standard InChI is InChI=1S/C14H17N5O5/c1-5-17-10(15)6-11(18-5)19(4-16-6)12-8-7(9(22-12)13(20)21)23-14(2,3)24-8/h4,7-9,12H,1-3H3,(H,20,21)(H2,15,17,18). The van der Waals surface area contributed by atoms with Crippen molar-refractivity contribution in [2.45, 2.75) is 51.1 Å². The fourth-order valence-electron chi connectivity index (χ4n) is 3.24. The Hall–Kier alpha value is -2.30. The summed E-state index contributed by atoms with van der Waals surface area (Å²) in [5.41, 5.74) is 6.77. The number of anilines is 1. The van der Waals surface area contributed by atoms with Gasteiger partial charge in [-0.05, 0) is 20.8 Å². The molecule has 4 heterocycles. The molecular formula is C14H17N5O5. The molecule has 24 heavy (non-hydrogen) atoms. The van der Waals surface area contributed by atoms with Crippen molar-refractivity contribution in [3.05, 3.63) is 12.2 Å². The summed E-state index contributed by atoms with van der Waals surface area (Å²) in [6.07, 6.45) is -1.71. The third kappa shape index (κ3) is 2.14. The molecule has 0 amide bonds. The Morgan fingerprint density at radius 3 is 2.75 bits per heavy atom. The van der Waals surface area contributed by atoms with Gasteiger partial charge in [0, 0.05) is 0 Å². The van der Waals surface area contributed by atoms with Gasteiger partial charge in [-0.2, -0.15) is 0 Å². The molecule has 10 nitrogen and oxygen atoms in total. The maximum atomic E-state index is 11.5. The zero-order valence-corrected chi connectivity index (χ0v) is 13.3. The number of aryl methyl sites for hydroxylation is 1. The van der Waals surface area contributed by atoms with Crippen molar-refractivity contribution in [1.29, 1.82) is 0 Å². The van der Waals surface area contributed by atoms with E-state index in [0.29, 0.717) is 17.0 Å². The van der Waals surface area contributed by atoms with Gasteiger partial charge in [-0.3, -0.25) is 4.57 Å². The summed E-state index contributed by atoms with van der Waals surface area (Å²) in [7, 11) is 0. The van der Waals surface area contributed by atoms with Gasteiger partial charge in [0.05, 0.1) is 6.33 Å². The number of carbonyl (C=O) groups is 1. The van der Waals surface area contributed by atoms with Crippen molar-refractivity contribution in [3.63, 3.8) is 0 Å². The number of nitrogen functional groups attached to an aromatic ring is 1. The number of hydrogen-bond acceptors (Lipinski definition) is 8. The second kappa shape index (κ2) is 4.85. The second-order valence-electron chi connectivity index (χ2n) is 6.33. The smallest absolute Gasteiger partial charge is 0.335 e. The Labute approximate surface area is 136 Å². The number of nitrogens with zero attached hydrogens (tertiary/aromatic N) is 4. The van der Waals surface area contributed by atoms with Gasteiger partial charge in [-0.15, -0.1) is 0 Å². The van der Waals surface area contributed by atoms with Crippen LogP contribution in [0.15, 0.2) is 6.33 Å².